The Balaban J connectivity index is -0.000000503. The van der Waals surface area contributed by atoms with Gasteiger partial charge >= 0.3 is 0 Å². The van der Waals surface area contributed by atoms with Crippen molar-refractivity contribution in [3.63, 3.8) is 0 Å². The fourth-order valence-corrected chi connectivity index (χ4v) is 2.58. The summed E-state index contributed by atoms with van der Waals surface area (Å²) in [6, 6.07) is 0. The van der Waals surface area contributed by atoms with Crippen LogP contribution in [0.25, 0.3) is 0 Å². The van der Waals surface area contributed by atoms with Crippen LogP contribution >= 0.6 is 0 Å². The fourth-order valence-electron chi connectivity index (χ4n) is 0.906. The highest BCUT2D eigenvalue weighted by molar-refractivity contribution is 7.92. The number of hydrogen-bond acceptors (Lipinski definition) is 9. The van der Waals surface area contributed by atoms with Crippen LogP contribution in [0.15, 0.2) is 0 Å². The van der Waals surface area contributed by atoms with E-state index in [4.69, 9.17) is 38.0 Å². The number of terminal acetylenes is 2. The molecule has 0 amide bonds. The molecule has 0 aliphatic carbocycles. The zero-order chi connectivity index (χ0) is 20.5. The lowest BCUT2D eigenvalue weighted by atomic mass is 10.8. The van der Waals surface area contributed by atoms with E-state index in [1.54, 1.807) is 0 Å². The lowest BCUT2D eigenvalue weighted by molar-refractivity contribution is 0.100. The fraction of sp³-hybridized carbons (Fsp3) is 0.714. The molecule has 0 saturated carbocycles. The lowest BCUT2D eigenvalue weighted by Crippen LogP contribution is -2.32. The van der Waals surface area contributed by atoms with Gasteiger partial charge in [-0.25, -0.2) is 16.8 Å². The molecule has 25 heavy (non-hydrogen) atoms. The van der Waals surface area contributed by atoms with Gasteiger partial charge in [-0.15, -0.1) is 12.8 Å². The van der Waals surface area contributed by atoms with Crippen LogP contribution in [0.1, 0.15) is 13.8 Å². The van der Waals surface area contributed by atoms with Crippen LogP contribution in [-0.4, -0.2) is 86.1 Å². The molecule has 0 aliphatic rings. The molecule has 0 radical (unpaired) electrons. The molecule has 0 aromatic rings. The molecule has 2 unspecified atom stereocenters. The minimum absolute atomic E-state index is 0.125. The van der Waals surface area contributed by atoms with Crippen LogP contribution in [0, 0.1) is 24.7 Å². The van der Waals surface area contributed by atoms with E-state index in [0.717, 1.165) is 0 Å². The molecule has 0 bridgehead atoms. The largest absolute Gasteiger partial charge is 0.394 e. The molecule has 0 heterocycles. The van der Waals surface area contributed by atoms with Crippen molar-refractivity contribution in [2.75, 3.05) is 37.9 Å². The first-order chi connectivity index (χ1) is 11.5. The van der Waals surface area contributed by atoms with E-state index >= 15 is 0 Å². The topological polar surface area (TPSA) is 158 Å². The summed E-state index contributed by atoms with van der Waals surface area (Å²) in [6.45, 7) is 1.96. The molecule has 2 atom stereocenters. The Morgan fingerprint density at radius 1 is 0.760 bits per heavy atom. The molecule has 11 heteroatoms. The Morgan fingerprint density at radius 2 is 1.00 bits per heavy atom. The van der Waals surface area contributed by atoms with Crippen molar-refractivity contribution in [3.05, 3.63) is 0 Å². The summed E-state index contributed by atoms with van der Waals surface area (Å²) in [5, 5.41) is 30.5. The highest BCUT2D eigenvalue weighted by Gasteiger charge is 2.28. The van der Waals surface area contributed by atoms with Gasteiger partial charge < -0.3 is 25.2 Å². The number of ether oxygens (including phenoxy) is 1. The third kappa shape index (κ3) is 16.1. The summed E-state index contributed by atoms with van der Waals surface area (Å²) in [5.74, 6) is 2.94. The normalized spacial score (nSPS) is 13.0. The predicted octanol–water partition coefficient (Wildman–Crippen LogP) is -2.27. The van der Waals surface area contributed by atoms with Crippen molar-refractivity contribution in [2.24, 2.45) is 0 Å². The molecule has 0 saturated heterocycles. The minimum atomic E-state index is -3.66. The summed E-state index contributed by atoms with van der Waals surface area (Å²) >= 11 is 0. The Bertz CT molecular complexity index is 539. The number of aliphatic hydroxyl groups is 4. The maximum atomic E-state index is 11.4. The van der Waals surface area contributed by atoms with Gasteiger partial charge in [0.1, 0.15) is 11.5 Å². The first-order valence-electron chi connectivity index (χ1n) is 6.89. The summed E-state index contributed by atoms with van der Waals surface area (Å²) < 4.78 is 50.7. The number of rotatable bonds is 8. The van der Waals surface area contributed by atoms with E-state index in [1.165, 1.54) is 13.8 Å². The van der Waals surface area contributed by atoms with Crippen molar-refractivity contribution < 1.29 is 42.0 Å². The van der Waals surface area contributed by atoms with E-state index in [2.05, 4.69) is 0 Å². The SMILES string of the molecule is C#CCS(=O)(=O)C(C)OC(C)S(=O)(=O)CC#C.OCCO.OCCO. The second kappa shape index (κ2) is 16.3. The maximum Gasteiger partial charge on any atom is 0.188 e. The van der Waals surface area contributed by atoms with Gasteiger partial charge in [-0.1, -0.05) is 11.8 Å². The third-order valence-corrected chi connectivity index (χ3v) is 5.55. The molecular weight excluding hydrogens is 376 g/mol. The van der Waals surface area contributed by atoms with Crippen molar-refractivity contribution in [1.82, 2.24) is 0 Å². The van der Waals surface area contributed by atoms with Gasteiger partial charge in [0.2, 0.25) is 0 Å². The number of aliphatic hydroxyl groups excluding tert-OH is 4. The summed E-state index contributed by atoms with van der Waals surface area (Å²) in [4.78, 5) is 0. The zero-order valence-corrected chi connectivity index (χ0v) is 15.8. The van der Waals surface area contributed by atoms with E-state index in [0.29, 0.717) is 0 Å². The van der Waals surface area contributed by atoms with Crippen LogP contribution < -0.4 is 0 Å². The minimum Gasteiger partial charge on any atom is -0.394 e. The first-order valence-corrected chi connectivity index (χ1v) is 10.3. The molecule has 0 aromatic carbocycles. The molecule has 0 aromatic heterocycles. The van der Waals surface area contributed by atoms with Gasteiger partial charge in [0.25, 0.3) is 0 Å². The van der Waals surface area contributed by atoms with E-state index in [-0.39, 0.29) is 26.4 Å². The summed E-state index contributed by atoms with van der Waals surface area (Å²) in [7, 11) is -7.31. The average Bonchev–Trinajstić information content (AvgIpc) is 2.55. The molecule has 9 nitrogen and oxygen atoms in total. The van der Waals surface area contributed by atoms with Crippen LogP contribution in [0.3, 0.4) is 0 Å². The van der Waals surface area contributed by atoms with Crippen LogP contribution in [-0.2, 0) is 24.4 Å². The quantitative estimate of drug-likeness (QED) is 0.329. The van der Waals surface area contributed by atoms with Crippen LogP contribution in [0.5, 0.6) is 0 Å². The smallest absolute Gasteiger partial charge is 0.188 e. The van der Waals surface area contributed by atoms with Crippen molar-refractivity contribution in [3.8, 4) is 24.7 Å². The monoisotopic (exact) mass is 402 g/mol. The second-order valence-corrected chi connectivity index (χ2v) is 8.74. The Kier molecular flexibility index (Phi) is 18.7. The molecule has 0 spiro atoms. The zero-order valence-electron chi connectivity index (χ0n) is 14.2. The second-order valence-electron chi connectivity index (χ2n) is 4.19. The lowest BCUT2D eigenvalue weighted by Gasteiger charge is -2.17. The molecular formula is C14H26O9S2. The molecule has 4 N–H and O–H groups in total. The third-order valence-electron chi connectivity index (χ3n) is 2.16. The number of hydrogen-bond donors (Lipinski definition) is 4. The van der Waals surface area contributed by atoms with Crippen molar-refractivity contribution in [2.45, 2.75) is 24.7 Å². The predicted molar refractivity (Wildman–Crippen MR) is 93.6 cm³/mol. The average molecular weight is 402 g/mol. The van der Waals surface area contributed by atoms with Gasteiger partial charge in [-0.2, -0.15) is 0 Å². The van der Waals surface area contributed by atoms with Crippen molar-refractivity contribution in [1.29, 1.82) is 0 Å². The molecule has 0 rings (SSSR count). The van der Waals surface area contributed by atoms with Gasteiger partial charge in [0.15, 0.2) is 30.5 Å². The van der Waals surface area contributed by atoms with Gasteiger partial charge in [0, 0.05) is 0 Å². The van der Waals surface area contributed by atoms with Gasteiger partial charge in [-0.05, 0) is 13.8 Å². The molecule has 0 fully saturated rings. The van der Waals surface area contributed by atoms with Crippen LogP contribution in [0.2, 0.25) is 0 Å². The molecule has 0 aliphatic heterocycles. The van der Waals surface area contributed by atoms with E-state index in [9.17, 15) is 16.8 Å². The highest BCUT2D eigenvalue weighted by Crippen LogP contribution is 2.11. The maximum absolute atomic E-state index is 11.4. The Morgan fingerprint density at radius 3 is 1.16 bits per heavy atom. The van der Waals surface area contributed by atoms with E-state index in [1.807, 2.05) is 11.8 Å². The summed E-state index contributed by atoms with van der Waals surface area (Å²) in [5.41, 5.74) is -2.58. The van der Waals surface area contributed by atoms with E-state index < -0.39 is 42.1 Å². The Hall–Kier alpha value is -1.18. The molecule has 148 valence electrons. The Labute approximate surface area is 149 Å². The number of sulfone groups is 2. The van der Waals surface area contributed by atoms with Crippen LogP contribution in [0.4, 0.5) is 0 Å². The standard InChI is InChI=1S/C10H14O5S2.2C2H6O2/c1-5-7-16(11,12)9(3)15-10(4)17(13,14)8-6-2;2*3-1-2-4/h1-2,9-10H,7-8H2,3-4H3;2*3-4H,1-2H2. The van der Waals surface area contributed by atoms with Gasteiger partial charge in [0.05, 0.1) is 26.4 Å². The summed E-state index contributed by atoms with van der Waals surface area (Å²) in [6.07, 6.45) is 9.77. The van der Waals surface area contributed by atoms with Gasteiger partial charge in [-0.3, -0.25) is 0 Å². The van der Waals surface area contributed by atoms with Crippen molar-refractivity contribution >= 4 is 19.7 Å². The highest BCUT2D eigenvalue weighted by atomic mass is 32.2. The first kappa shape index (κ1) is 28.6.